The fourth-order valence-corrected chi connectivity index (χ4v) is 4.37. The molecule has 0 bridgehead atoms. The Morgan fingerprint density at radius 1 is 1.17 bits per heavy atom. The van der Waals surface area contributed by atoms with Gasteiger partial charge in [-0.15, -0.1) is 0 Å². The van der Waals surface area contributed by atoms with E-state index in [1.807, 2.05) is 26.0 Å². The number of halogens is 1. The molecule has 0 heterocycles. The predicted molar refractivity (Wildman–Crippen MR) is 122 cm³/mol. The molecule has 0 aliphatic rings. The zero-order valence-corrected chi connectivity index (χ0v) is 19.8. The maximum atomic E-state index is 12.7. The minimum absolute atomic E-state index is 0.255. The number of carbonyl (C=O) groups excluding carboxylic acids is 1. The first-order chi connectivity index (χ1) is 13.9. The molecule has 30 heavy (non-hydrogen) atoms. The molecule has 0 radical (unpaired) electrons. The van der Waals surface area contributed by atoms with Crippen LogP contribution in [0.5, 0.6) is 5.75 Å². The maximum Gasteiger partial charge on any atom is 0.241 e. The molecule has 0 aliphatic carbocycles. The van der Waals surface area contributed by atoms with Gasteiger partial charge >= 0.3 is 0 Å². The van der Waals surface area contributed by atoms with Crippen LogP contribution in [0.4, 0.5) is 5.69 Å². The summed E-state index contributed by atoms with van der Waals surface area (Å²) in [6.07, 6.45) is 1.06. The van der Waals surface area contributed by atoms with Gasteiger partial charge in [-0.05, 0) is 66.8 Å². The molecule has 2 rings (SSSR count). The first-order valence-corrected chi connectivity index (χ1v) is 11.9. The standard InChI is InChI=1S/C22H29ClN2O4S/c1-14(2)19-12-20(15(3)10-21(19)29-5)16(4)24-22(26)13-25(30(6,27)28)18-9-7-8-17(23)11-18/h7-12,14,16H,13H2,1-6H3,(H,24,26)/t16-/m0/s1. The molecule has 0 unspecified atom stereocenters. The van der Waals surface area contributed by atoms with Gasteiger partial charge in [0.25, 0.3) is 0 Å². The molecule has 1 amide bonds. The van der Waals surface area contributed by atoms with Crippen LogP contribution in [-0.2, 0) is 14.8 Å². The van der Waals surface area contributed by atoms with Gasteiger partial charge in [-0.3, -0.25) is 9.10 Å². The van der Waals surface area contributed by atoms with Gasteiger partial charge in [0.1, 0.15) is 12.3 Å². The van der Waals surface area contributed by atoms with Crippen molar-refractivity contribution in [3.63, 3.8) is 0 Å². The van der Waals surface area contributed by atoms with Gasteiger partial charge in [-0.2, -0.15) is 0 Å². The monoisotopic (exact) mass is 452 g/mol. The van der Waals surface area contributed by atoms with Gasteiger partial charge in [0.15, 0.2) is 0 Å². The number of carbonyl (C=O) groups is 1. The molecule has 6 nitrogen and oxygen atoms in total. The molecule has 2 aromatic rings. The Hall–Kier alpha value is -2.25. The topological polar surface area (TPSA) is 75.7 Å². The van der Waals surface area contributed by atoms with Crippen LogP contribution in [0.15, 0.2) is 36.4 Å². The minimum atomic E-state index is -3.67. The second-order valence-electron chi connectivity index (χ2n) is 7.64. The molecular weight excluding hydrogens is 424 g/mol. The first kappa shape index (κ1) is 24.0. The number of aryl methyl sites for hydroxylation is 1. The van der Waals surface area contributed by atoms with Crippen molar-refractivity contribution in [2.75, 3.05) is 24.2 Å². The lowest BCUT2D eigenvalue weighted by Gasteiger charge is -2.24. The Kier molecular flexibility index (Phi) is 7.77. The average molecular weight is 453 g/mol. The number of rotatable bonds is 8. The summed E-state index contributed by atoms with van der Waals surface area (Å²) >= 11 is 5.99. The van der Waals surface area contributed by atoms with E-state index < -0.39 is 15.9 Å². The first-order valence-electron chi connectivity index (χ1n) is 9.65. The number of methoxy groups -OCH3 is 1. The highest BCUT2D eigenvalue weighted by Gasteiger charge is 2.23. The second kappa shape index (κ2) is 9.71. The van der Waals surface area contributed by atoms with Crippen LogP contribution in [0.2, 0.25) is 5.02 Å². The normalized spacial score (nSPS) is 12.5. The van der Waals surface area contributed by atoms with E-state index in [4.69, 9.17) is 16.3 Å². The smallest absolute Gasteiger partial charge is 0.241 e. The van der Waals surface area contributed by atoms with Gasteiger partial charge in [0.2, 0.25) is 15.9 Å². The molecular formula is C22H29ClN2O4S. The summed E-state index contributed by atoms with van der Waals surface area (Å²) in [6, 6.07) is 10.1. The van der Waals surface area contributed by atoms with E-state index in [0.29, 0.717) is 10.7 Å². The molecule has 0 aliphatic heterocycles. The summed E-state index contributed by atoms with van der Waals surface area (Å²) in [5, 5.41) is 3.30. The van der Waals surface area contributed by atoms with Gasteiger partial charge in [-0.25, -0.2) is 8.42 Å². The average Bonchev–Trinajstić information content (AvgIpc) is 2.64. The third-order valence-electron chi connectivity index (χ3n) is 4.87. The summed E-state index contributed by atoms with van der Waals surface area (Å²) in [4.78, 5) is 12.7. The minimum Gasteiger partial charge on any atom is -0.496 e. The van der Waals surface area contributed by atoms with Crippen LogP contribution in [0.1, 0.15) is 49.4 Å². The van der Waals surface area contributed by atoms with Crippen molar-refractivity contribution in [1.82, 2.24) is 5.32 Å². The molecule has 1 N–H and O–H groups in total. The van der Waals surface area contributed by atoms with E-state index >= 15 is 0 Å². The van der Waals surface area contributed by atoms with Gasteiger partial charge in [-0.1, -0.05) is 31.5 Å². The lowest BCUT2D eigenvalue weighted by Crippen LogP contribution is -2.41. The lowest BCUT2D eigenvalue weighted by atomic mass is 9.93. The molecule has 0 saturated heterocycles. The molecule has 0 saturated carbocycles. The van der Waals surface area contributed by atoms with Crippen molar-refractivity contribution < 1.29 is 17.9 Å². The molecule has 0 aromatic heterocycles. The van der Waals surface area contributed by atoms with Gasteiger partial charge < -0.3 is 10.1 Å². The number of benzene rings is 2. The largest absolute Gasteiger partial charge is 0.496 e. The molecule has 2 aromatic carbocycles. The molecule has 0 spiro atoms. The van der Waals surface area contributed by atoms with Gasteiger partial charge in [0, 0.05) is 5.02 Å². The number of nitrogens with zero attached hydrogens (tertiary/aromatic N) is 1. The van der Waals surface area contributed by atoms with Gasteiger partial charge in [0.05, 0.1) is 25.1 Å². The SMILES string of the molecule is COc1cc(C)c([C@H](C)NC(=O)CN(c2cccc(Cl)c2)S(C)(=O)=O)cc1C(C)C. The summed E-state index contributed by atoms with van der Waals surface area (Å²) in [7, 11) is -2.03. The van der Waals surface area contributed by atoms with E-state index in [1.54, 1.807) is 25.3 Å². The number of amides is 1. The van der Waals surface area contributed by atoms with E-state index in [9.17, 15) is 13.2 Å². The number of anilines is 1. The lowest BCUT2D eigenvalue weighted by molar-refractivity contribution is -0.120. The molecule has 1 atom stereocenters. The predicted octanol–water partition coefficient (Wildman–Crippen LogP) is 4.42. The van der Waals surface area contributed by atoms with Crippen molar-refractivity contribution in [3.05, 3.63) is 58.1 Å². The maximum absolute atomic E-state index is 12.7. The Morgan fingerprint density at radius 3 is 2.37 bits per heavy atom. The Balaban J connectivity index is 2.25. The number of nitrogens with one attached hydrogen (secondary N) is 1. The Labute approximate surface area is 184 Å². The molecule has 164 valence electrons. The highest BCUT2D eigenvalue weighted by atomic mass is 35.5. The van der Waals surface area contributed by atoms with Crippen LogP contribution >= 0.6 is 11.6 Å². The fraction of sp³-hybridized carbons (Fsp3) is 0.409. The van der Waals surface area contributed by atoms with Crippen LogP contribution in [0, 0.1) is 6.92 Å². The van der Waals surface area contributed by atoms with Crippen molar-refractivity contribution in [3.8, 4) is 5.75 Å². The quantitative estimate of drug-likeness (QED) is 0.643. The summed E-state index contributed by atoms with van der Waals surface area (Å²) in [5.41, 5.74) is 3.34. The van der Waals surface area contributed by atoms with E-state index in [2.05, 4.69) is 19.2 Å². The van der Waals surface area contributed by atoms with Crippen molar-refractivity contribution in [1.29, 1.82) is 0 Å². The van der Waals surface area contributed by atoms with Crippen LogP contribution < -0.4 is 14.4 Å². The fourth-order valence-electron chi connectivity index (χ4n) is 3.34. The summed E-state index contributed by atoms with van der Waals surface area (Å²) in [5.74, 6) is 0.661. The van der Waals surface area contributed by atoms with Crippen LogP contribution in [-0.4, -0.2) is 34.2 Å². The van der Waals surface area contributed by atoms with Crippen LogP contribution in [0.3, 0.4) is 0 Å². The number of hydrogen-bond donors (Lipinski definition) is 1. The third kappa shape index (κ3) is 5.89. The highest BCUT2D eigenvalue weighted by Crippen LogP contribution is 2.32. The van der Waals surface area contributed by atoms with Crippen molar-refractivity contribution in [2.24, 2.45) is 0 Å². The zero-order valence-electron chi connectivity index (χ0n) is 18.2. The summed E-state index contributed by atoms with van der Waals surface area (Å²) < 4.78 is 31.1. The Bertz CT molecular complexity index is 1020. The zero-order chi connectivity index (χ0) is 22.6. The molecule has 8 heteroatoms. The van der Waals surface area contributed by atoms with E-state index in [-0.39, 0.29) is 18.5 Å². The van der Waals surface area contributed by atoms with Crippen molar-refractivity contribution >= 4 is 33.2 Å². The number of ether oxygens (including phenoxy) is 1. The third-order valence-corrected chi connectivity index (χ3v) is 6.24. The Morgan fingerprint density at radius 2 is 1.83 bits per heavy atom. The van der Waals surface area contributed by atoms with E-state index in [1.165, 1.54) is 6.07 Å². The second-order valence-corrected chi connectivity index (χ2v) is 9.99. The number of sulfonamides is 1. The summed E-state index contributed by atoms with van der Waals surface area (Å²) in [6.45, 7) is 7.65. The number of hydrogen-bond acceptors (Lipinski definition) is 4. The van der Waals surface area contributed by atoms with E-state index in [0.717, 1.165) is 33.0 Å². The highest BCUT2D eigenvalue weighted by molar-refractivity contribution is 7.92. The van der Waals surface area contributed by atoms with Crippen molar-refractivity contribution in [2.45, 2.75) is 39.7 Å². The molecule has 0 fully saturated rings. The van der Waals surface area contributed by atoms with Crippen LogP contribution in [0.25, 0.3) is 0 Å².